The van der Waals surface area contributed by atoms with Crippen molar-refractivity contribution in [2.45, 2.75) is 72.4 Å². The summed E-state index contributed by atoms with van der Waals surface area (Å²) in [7, 11) is 0. The average Bonchev–Trinajstić information content (AvgIpc) is 2.91. The van der Waals surface area contributed by atoms with Crippen LogP contribution in [0, 0.1) is 12.0 Å². The van der Waals surface area contributed by atoms with Gasteiger partial charge >= 0.3 is 6.18 Å². The molecule has 0 saturated heterocycles. The van der Waals surface area contributed by atoms with Gasteiger partial charge in [-0.1, -0.05) is 104 Å². The number of pyridine rings is 1. The monoisotopic (exact) mass is 767 g/mol. The predicted molar refractivity (Wildman–Crippen MR) is 165 cm³/mol. The van der Waals surface area contributed by atoms with Gasteiger partial charge in [0.2, 0.25) is 5.76 Å². The number of aromatic nitrogens is 1. The van der Waals surface area contributed by atoms with E-state index >= 15 is 0 Å². The zero-order valence-electron chi connectivity index (χ0n) is 25.9. The van der Waals surface area contributed by atoms with Gasteiger partial charge in [-0.05, 0) is 44.7 Å². The minimum absolute atomic E-state index is 0. The van der Waals surface area contributed by atoms with Crippen molar-refractivity contribution in [2.75, 3.05) is 0 Å². The molecule has 3 aromatic carbocycles. The molecule has 4 aromatic rings. The van der Waals surface area contributed by atoms with Crippen molar-refractivity contribution < 1.29 is 43.2 Å². The Morgan fingerprint density at radius 2 is 1.42 bits per heavy atom. The first-order valence-electron chi connectivity index (χ1n) is 13.9. The molecular formula is C36H39F3IrNO2-. The maximum Gasteiger partial charge on any atom is 0.448 e. The fraction of sp³-hybridized carbons (Fsp3) is 0.333. The van der Waals surface area contributed by atoms with Crippen molar-refractivity contribution in [3.8, 4) is 22.4 Å². The molecular weight excluding hydrogens is 728 g/mol. The number of hydrogen-bond acceptors (Lipinski definition) is 3. The number of benzene rings is 3. The molecule has 0 aliphatic rings. The van der Waals surface area contributed by atoms with Gasteiger partial charge in [0.15, 0.2) is 5.78 Å². The summed E-state index contributed by atoms with van der Waals surface area (Å²) in [6, 6.07) is 29.3. The van der Waals surface area contributed by atoms with Crippen molar-refractivity contribution in [3.05, 3.63) is 102 Å². The van der Waals surface area contributed by atoms with Crippen molar-refractivity contribution in [1.29, 1.82) is 0 Å². The number of para-hydroxylation sites is 1. The van der Waals surface area contributed by atoms with E-state index in [0.29, 0.717) is 0 Å². The fourth-order valence-electron chi connectivity index (χ4n) is 4.05. The summed E-state index contributed by atoms with van der Waals surface area (Å²) in [4.78, 5) is 15.5. The second-order valence-corrected chi connectivity index (χ2v) is 12.8. The number of halogens is 3. The summed E-state index contributed by atoms with van der Waals surface area (Å²) in [6.45, 7) is 16.6. The zero-order valence-corrected chi connectivity index (χ0v) is 28.2. The van der Waals surface area contributed by atoms with Crippen molar-refractivity contribution in [1.82, 2.24) is 4.98 Å². The van der Waals surface area contributed by atoms with E-state index in [1.807, 2.05) is 18.2 Å². The molecule has 231 valence electrons. The van der Waals surface area contributed by atoms with Gasteiger partial charge in [-0.2, -0.15) is 13.2 Å². The molecule has 0 aliphatic heterocycles. The molecule has 4 rings (SSSR count). The van der Waals surface area contributed by atoms with E-state index in [0.717, 1.165) is 22.2 Å². The van der Waals surface area contributed by atoms with Crippen LogP contribution in [0.4, 0.5) is 13.2 Å². The van der Waals surface area contributed by atoms with Gasteiger partial charge in [-0.3, -0.25) is 9.78 Å². The molecule has 0 amide bonds. The van der Waals surface area contributed by atoms with Crippen LogP contribution in [-0.4, -0.2) is 22.1 Å². The number of aliphatic hydroxyl groups excluding tert-OH is 1. The molecule has 0 atom stereocenters. The number of hydrogen-bond donors (Lipinski definition) is 1. The van der Waals surface area contributed by atoms with Crippen LogP contribution in [-0.2, 0) is 35.7 Å². The molecule has 0 bridgehead atoms. The number of nitrogens with zero attached hydrogens (tertiary/aromatic N) is 1. The normalized spacial score (nSPS) is 12.4. The van der Waals surface area contributed by atoms with Crippen LogP contribution >= 0.6 is 0 Å². The quantitative estimate of drug-likeness (QED) is 0.128. The summed E-state index contributed by atoms with van der Waals surface area (Å²) >= 11 is 0. The van der Waals surface area contributed by atoms with Crippen LogP contribution in [0.5, 0.6) is 0 Å². The largest absolute Gasteiger partial charge is 0.504 e. The Morgan fingerprint density at radius 1 is 0.837 bits per heavy atom. The Bertz CT molecular complexity index is 1560. The van der Waals surface area contributed by atoms with Gasteiger partial charge in [-0.15, -0.1) is 35.4 Å². The number of rotatable bonds is 4. The third kappa shape index (κ3) is 9.87. The number of carbonyl (C=O) groups excluding carboxylic acids is 1. The van der Waals surface area contributed by atoms with Crippen LogP contribution in [0.2, 0.25) is 0 Å². The first kappa shape index (κ1) is 35.9. The summed E-state index contributed by atoms with van der Waals surface area (Å²) in [6.07, 6.45) is -4.63. The summed E-state index contributed by atoms with van der Waals surface area (Å²) < 4.78 is 34.8. The SMILES string of the molecule is CC(C)(C)c1cc(-c2cc[c-]c(-c3ccc4ccccc4n3)c2)cc(C(C)(C)C)c1.CC(C)C(=O)/C=C(\O)C(F)(F)F.[Ir]. The molecule has 43 heavy (non-hydrogen) atoms. The third-order valence-corrected chi connectivity index (χ3v) is 6.81. The first-order valence-corrected chi connectivity index (χ1v) is 13.9. The molecule has 3 nitrogen and oxygen atoms in total. The van der Waals surface area contributed by atoms with Crippen molar-refractivity contribution in [3.63, 3.8) is 0 Å². The Labute approximate surface area is 266 Å². The second-order valence-electron chi connectivity index (χ2n) is 12.8. The zero-order chi connectivity index (χ0) is 31.5. The number of ketones is 1. The topological polar surface area (TPSA) is 50.2 Å². The van der Waals surface area contributed by atoms with Crippen molar-refractivity contribution >= 4 is 16.7 Å². The molecule has 0 spiro atoms. The first-order chi connectivity index (χ1) is 19.4. The van der Waals surface area contributed by atoms with Crippen LogP contribution in [0.25, 0.3) is 33.3 Å². The average molecular weight is 767 g/mol. The standard InChI is InChI=1S/C29H30N.C7H9F3O2.Ir/c1-28(2,3)24-17-23(18-25(19-24)29(4,5)6)21-11-9-12-22(16-21)27-15-14-20-10-7-8-13-26(20)30-27;1-4(2)5(11)3-6(12)7(8,9)10;/h7-11,13-19H,1-6H3;3-4,12H,1-2H3;/q-1;;/b;6-3-;. The maximum absolute atomic E-state index is 11.6. The molecule has 1 N–H and O–H groups in total. The van der Waals surface area contributed by atoms with E-state index in [1.165, 1.54) is 36.1 Å². The van der Waals surface area contributed by atoms with E-state index in [9.17, 15) is 18.0 Å². The summed E-state index contributed by atoms with van der Waals surface area (Å²) in [5.41, 5.74) is 8.37. The molecule has 0 aliphatic carbocycles. The molecule has 0 unspecified atom stereocenters. The predicted octanol–water partition coefficient (Wildman–Crippen LogP) is 10.2. The molecule has 0 fully saturated rings. The molecule has 1 heterocycles. The number of alkyl halides is 3. The second kappa shape index (κ2) is 14.0. The Morgan fingerprint density at radius 3 is 1.95 bits per heavy atom. The van der Waals surface area contributed by atoms with Gasteiger partial charge in [0.25, 0.3) is 0 Å². The smallest absolute Gasteiger partial charge is 0.448 e. The van der Waals surface area contributed by atoms with E-state index in [-0.39, 0.29) is 37.0 Å². The van der Waals surface area contributed by atoms with Crippen LogP contribution in [0.3, 0.4) is 0 Å². The van der Waals surface area contributed by atoms with Crippen molar-refractivity contribution in [2.24, 2.45) is 5.92 Å². The van der Waals surface area contributed by atoms with Gasteiger partial charge in [0.1, 0.15) is 0 Å². The Hall–Kier alpha value is -3.28. The summed E-state index contributed by atoms with van der Waals surface area (Å²) in [5.74, 6) is -3.14. The maximum atomic E-state index is 11.6. The van der Waals surface area contributed by atoms with Gasteiger partial charge in [-0.25, -0.2) is 0 Å². The Balaban J connectivity index is 0.000000424. The van der Waals surface area contributed by atoms with Gasteiger partial charge in [0, 0.05) is 32.1 Å². The molecule has 0 saturated carbocycles. The third-order valence-electron chi connectivity index (χ3n) is 6.81. The van der Waals surface area contributed by atoms with Crippen LogP contribution in [0.15, 0.2) is 84.6 Å². The minimum atomic E-state index is -4.83. The fourth-order valence-corrected chi connectivity index (χ4v) is 4.05. The number of allylic oxidation sites excluding steroid dienone is 2. The van der Waals surface area contributed by atoms with E-state index < -0.39 is 23.6 Å². The van der Waals surface area contributed by atoms with E-state index in [2.05, 4.69) is 102 Å². The molecule has 7 heteroatoms. The minimum Gasteiger partial charge on any atom is -0.504 e. The number of fused-ring (bicyclic) bond motifs is 1. The van der Waals surface area contributed by atoms with E-state index in [1.54, 1.807) is 0 Å². The van der Waals surface area contributed by atoms with Crippen LogP contribution < -0.4 is 0 Å². The number of carbonyl (C=O) groups is 1. The van der Waals surface area contributed by atoms with E-state index in [4.69, 9.17) is 10.1 Å². The summed E-state index contributed by atoms with van der Waals surface area (Å²) in [5, 5.41) is 9.48. The Kier molecular flexibility index (Phi) is 11.7. The molecule has 1 aromatic heterocycles. The van der Waals surface area contributed by atoms with Gasteiger partial charge in [0.05, 0.1) is 5.52 Å². The van der Waals surface area contributed by atoms with Gasteiger partial charge < -0.3 is 5.11 Å². The van der Waals surface area contributed by atoms with Crippen LogP contribution in [0.1, 0.15) is 66.5 Å². The number of aliphatic hydroxyl groups is 1. The molecule has 1 radical (unpaired) electrons.